The molecule has 0 saturated heterocycles. The third-order valence-corrected chi connectivity index (χ3v) is 4.00. The van der Waals surface area contributed by atoms with Crippen LogP contribution in [0.3, 0.4) is 0 Å². The Labute approximate surface area is 172 Å². The summed E-state index contributed by atoms with van der Waals surface area (Å²) < 4.78 is 33.7. The number of anilines is 1. The van der Waals surface area contributed by atoms with Crippen LogP contribution in [0.1, 0.15) is 22.0 Å². The summed E-state index contributed by atoms with van der Waals surface area (Å²) in [4.78, 5) is 9.53. The second-order valence-corrected chi connectivity index (χ2v) is 6.44. The molecule has 2 aromatic heterocycles. The van der Waals surface area contributed by atoms with Gasteiger partial charge in [-0.2, -0.15) is 13.0 Å². The number of thiazole rings is 1. The summed E-state index contributed by atoms with van der Waals surface area (Å²) in [5.74, 6) is 1.22. The van der Waals surface area contributed by atoms with Crippen LogP contribution >= 0.6 is 23.7 Å². The Bertz CT molecular complexity index is 767. The van der Waals surface area contributed by atoms with Crippen molar-refractivity contribution in [1.29, 1.82) is 0 Å². The van der Waals surface area contributed by atoms with Crippen molar-refractivity contribution >= 4 is 40.0 Å². The van der Waals surface area contributed by atoms with Gasteiger partial charge in [0.1, 0.15) is 11.6 Å². The van der Waals surface area contributed by atoms with Crippen LogP contribution in [0.2, 0.25) is 0 Å². The smallest absolute Gasteiger partial charge is 0.394 e. The van der Waals surface area contributed by atoms with Crippen molar-refractivity contribution in [2.45, 2.75) is 26.8 Å². The molecule has 0 amide bonds. The van der Waals surface area contributed by atoms with E-state index in [4.69, 9.17) is 28.4 Å². The van der Waals surface area contributed by atoms with Crippen LogP contribution in [-0.4, -0.2) is 44.7 Å². The van der Waals surface area contributed by atoms with Crippen LogP contribution in [-0.2, 0) is 40.4 Å². The maximum absolute atomic E-state index is 8.98. The molecule has 10 nitrogen and oxygen atoms in total. The van der Waals surface area contributed by atoms with E-state index in [1.165, 1.54) is 4.88 Å². The fourth-order valence-electron chi connectivity index (χ4n) is 1.77. The molecule has 1 radical (unpaired) electrons. The van der Waals surface area contributed by atoms with E-state index in [1.54, 1.807) is 17.5 Å². The van der Waals surface area contributed by atoms with Crippen molar-refractivity contribution in [3.05, 3.63) is 33.7 Å². The summed E-state index contributed by atoms with van der Waals surface area (Å²) in [6.45, 7) is 4.71. The number of aryl methyl sites for hydroxylation is 1. The van der Waals surface area contributed by atoms with Gasteiger partial charge in [0.2, 0.25) is 5.51 Å². The number of aromatic nitrogens is 3. The van der Waals surface area contributed by atoms with Crippen molar-refractivity contribution in [2.24, 2.45) is 0 Å². The molecule has 0 fully saturated rings. The van der Waals surface area contributed by atoms with E-state index in [0.29, 0.717) is 24.6 Å². The molecule has 2 aromatic rings. The number of nitrogen functional groups attached to an aromatic ring is 1. The summed E-state index contributed by atoms with van der Waals surface area (Å²) >= 11 is 1.65. The van der Waals surface area contributed by atoms with Crippen molar-refractivity contribution in [1.82, 2.24) is 9.97 Å². The van der Waals surface area contributed by atoms with Crippen molar-refractivity contribution < 1.29 is 49.7 Å². The quantitative estimate of drug-likeness (QED) is 0.262. The number of hydrogen-bond donors (Lipinski definition) is 4. The van der Waals surface area contributed by atoms with Gasteiger partial charge in [0.25, 0.3) is 0 Å². The Morgan fingerprint density at radius 1 is 1.31 bits per heavy atom. The van der Waals surface area contributed by atoms with Gasteiger partial charge in [-0.15, -0.1) is 12.4 Å². The predicted octanol–water partition coefficient (Wildman–Crippen LogP) is -0.450. The van der Waals surface area contributed by atoms with Gasteiger partial charge in [-0.05, 0) is 6.92 Å². The molecule has 0 aliphatic carbocycles. The normalized spacial score (nSPS) is 9.73. The number of aliphatic hydroxyl groups is 1. The minimum atomic E-state index is -4.67. The van der Waals surface area contributed by atoms with E-state index >= 15 is 0 Å². The van der Waals surface area contributed by atoms with Gasteiger partial charge in [-0.3, -0.25) is 9.11 Å². The van der Waals surface area contributed by atoms with E-state index < -0.39 is 10.4 Å². The summed E-state index contributed by atoms with van der Waals surface area (Å²) in [6.07, 6.45) is 2.47. The van der Waals surface area contributed by atoms with E-state index in [1.807, 2.05) is 19.4 Å². The Morgan fingerprint density at radius 2 is 1.85 bits per heavy atom. The first-order valence-electron chi connectivity index (χ1n) is 6.47. The number of aliphatic hydroxyl groups excluding tert-OH is 1. The molecule has 0 aliphatic heterocycles. The molecule has 26 heavy (non-hydrogen) atoms. The Balaban J connectivity index is -0.000000590. The van der Waals surface area contributed by atoms with Crippen LogP contribution < -0.4 is 10.3 Å². The van der Waals surface area contributed by atoms with Gasteiger partial charge in [-0.1, -0.05) is 11.3 Å². The number of rotatable bonds is 4. The van der Waals surface area contributed by atoms with Crippen molar-refractivity contribution in [3.8, 4) is 0 Å². The molecule has 0 aliphatic rings. The molecule has 151 valence electrons. The van der Waals surface area contributed by atoms with E-state index in [2.05, 4.69) is 14.5 Å². The number of nitrogens with two attached hydrogens (primary N) is 1. The van der Waals surface area contributed by atoms with Gasteiger partial charge in [0.15, 0.2) is 12.2 Å². The van der Waals surface area contributed by atoms with Gasteiger partial charge in [0, 0.05) is 43.2 Å². The molecule has 0 spiro atoms. The first-order valence-corrected chi connectivity index (χ1v) is 8.74. The Hall–Kier alpha value is -0.891. The number of halogens is 1. The molecule has 2 rings (SSSR count). The first-order chi connectivity index (χ1) is 10.6. The molecule has 0 unspecified atom stereocenters. The first kappa shape index (κ1) is 29.9. The molecule has 0 atom stereocenters. The van der Waals surface area contributed by atoms with E-state index in [9.17, 15) is 0 Å². The molecule has 0 aromatic carbocycles. The summed E-state index contributed by atoms with van der Waals surface area (Å²) in [6, 6.07) is 0. The summed E-state index contributed by atoms with van der Waals surface area (Å²) in [5.41, 5.74) is 10.0. The largest absolute Gasteiger partial charge is 0.412 e. The van der Waals surface area contributed by atoms with Crippen LogP contribution in [0.4, 0.5) is 5.82 Å². The minimum Gasteiger partial charge on any atom is -0.412 e. The molecule has 0 saturated carbocycles. The van der Waals surface area contributed by atoms with Crippen LogP contribution in [0.15, 0.2) is 11.7 Å². The van der Waals surface area contributed by atoms with Gasteiger partial charge >= 0.3 is 10.4 Å². The topological polar surface area (TPSA) is 182 Å². The monoisotopic (exact) mass is 472 g/mol. The maximum atomic E-state index is 8.98. The molecule has 0 bridgehead atoms. The predicted molar refractivity (Wildman–Crippen MR) is 95.4 cm³/mol. The molecular formula is C12H22ClMnN4O6S2+. The average molecular weight is 473 g/mol. The van der Waals surface area contributed by atoms with Gasteiger partial charge < -0.3 is 16.3 Å². The SMILES string of the molecule is Cc1ncc(C[n+]2csc(CCO)c2C)c(N)n1.Cl.O.O=S(=O)(O)O.[Mn]. The van der Waals surface area contributed by atoms with Crippen molar-refractivity contribution in [3.63, 3.8) is 0 Å². The molecular weight excluding hydrogens is 451 g/mol. The van der Waals surface area contributed by atoms with Crippen LogP contribution in [0.5, 0.6) is 0 Å². The van der Waals surface area contributed by atoms with Gasteiger partial charge in [0.05, 0.1) is 10.4 Å². The summed E-state index contributed by atoms with van der Waals surface area (Å²) in [7, 11) is -4.67. The Morgan fingerprint density at radius 3 is 2.31 bits per heavy atom. The van der Waals surface area contributed by atoms with Crippen LogP contribution in [0.25, 0.3) is 0 Å². The second kappa shape index (κ2) is 13.3. The zero-order chi connectivity index (χ0) is 17.6. The van der Waals surface area contributed by atoms with Gasteiger partial charge in [-0.25, -0.2) is 9.97 Å². The zero-order valence-electron chi connectivity index (χ0n) is 14.0. The fraction of sp³-hybridized carbons (Fsp3) is 0.417. The number of hydrogen-bond acceptors (Lipinski definition) is 7. The standard InChI is InChI=1S/C12H17N4OS.ClH.Mn.H2O4S.H2O/c1-8-11(3-4-17)18-7-16(8)6-10-5-14-9(2)15-12(10)13;;;1-5(2,3)4;/h5,7,17H,3-4,6H2,1-2H3,(H2,13,14,15);1H;;(H2,1,2,3,4);1H2/q+1;;;;. The molecule has 2 heterocycles. The average Bonchev–Trinajstić information content (AvgIpc) is 2.73. The third-order valence-electron chi connectivity index (χ3n) is 2.85. The minimum absolute atomic E-state index is 0. The Kier molecular flexibility index (Phi) is 15.3. The molecule has 7 N–H and O–H groups in total. The second-order valence-electron chi connectivity index (χ2n) is 4.61. The maximum Gasteiger partial charge on any atom is 0.394 e. The third kappa shape index (κ3) is 11.0. The fourth-order valence-corrected chi connectivity index (χ4v) is 2.75. The van der Waals surface area contributed by atoms with Crippen molar-refractivity contribution in [2.75, 3.05) is 12.3 Å². The van der Waals surface area contributed by atoms with E-state index in [0.717, 1.165) is 11.3 Å². The summed E-state index contributed by atoms with van der Waals surface area (Å²) in [5, 5.41) is 8.98. The zero-order valence-corrected chi connectivity index (χ0v) is 17.6. The number of nitrogens with zero attached hydrogens (tertiary/aromatic N) is 3. The van der Waals surface area contributed by atoms with E-state index in [-0.39, 0.29) is 41.6 Å². The van der Waals surface area contributed by atoms with Crippen LogP contribution in [0, 0.1) is 13.8 Å². The molecule has 14 heteroatoms.